The van der Waals surface area contributed by atoms with E-state index in [2.05, 4.69) is 68.4 Å². The fraction of sp³-hybridized carbons (Fsp3) is 0.818. The third-order valence-corrected chi connectivity index (χ3v) is 6.33. The van der Waals surface area contributed by atoms with E-state index >= 15 is 0 Å². The molecule has 0 amide bonds. The number of rotatable bonds is 35. The highest BCUT2D eigenvalue weighted by atomic mass is 128. The van der Waals surface area contributed by atoms with Gasteiger partial charge in [0.1, 0.15) is 12.4 Å². The number of aliphatic hydroxyl groups is 1. The van der Waals surface area contributed by atoms with Gasteiger partial charge in [-0.05, 0) is 30.5 Å². The normalized spacial score (nSPS) is 11.0. The molecule has 0 spiro atoms. The summed E-state index contributed by atoms with van der Waals surface area (Å²) in [6.07, 6.45) is 10.5. The zero-order valence-electron chi connectivity index (χ0n) is 27.6. The molecule has 1 N–H and O–H groups in total. The van der Waals surface area contributed by atoms with E-state index < -0.39 is 0 Å². The van der Waals surface area contributed by atoms with Gasteiger partial charge in [0.2, 0.25) is 0 Å². The van der Waals surface area contributed by atoms with E-state index in [0.29, 0.717) is 112 Å². The largest absolute Gasteiger partial charge is 0.491 e. The summed E-state index contributed by atoms with van der Waals surface area (Å²) in [4.78, 5) is 0. The summed E-state index contributed by atoms with van der Waals surface area (Å²) in [5.41, 5.74) is 1.38. The van der Waals surface area contributed by atoms with Crippen molar-refractivity contribution in [2.75, 3.05) is 119 Å². The predicted molar refractivity (Wildman–Crippen MR) is 195 cm³/mol. The van der Waals surface area contributed by atoms with E-state index in [1.54, 1.807) is 0 Å². The molecule has 0 fully saturated rings. The van der Waals surface area contributed by atoms with Gasteiger partial charge in [0.05, 0.1) is 112 Å². The number of ether oxygens (including phenoxy) is 9. The van der Waals surface area contributed by atoms with Crippen LogP contribution < -0.4 is 4.74 Å². The molecule has 12 heteroatoms. The molecule has 10 nitrogen and oxygen atoms in total. The molecule has 0 saturated carbocycles. The summed E-state index contributed by atoms with van der Waals surface area (Å²) in [6, 6.07) is 8.45. The molecule has 0 saturated heterocycles. The van der Waals surface area contributed by atoms with Crippen LogP contribution in [0, 0.1) is 0 Å². The van der Waals surface area contributed by atoms with Crippen molar-refractivity contribution in [2.45, 2.75) is 58.3 Å². The Bertz CT molecular complexity index is 673. The Labute approximate surface area is 296 Å². The lowest BCUT2D eigenvalue weighted by Gasteiger charge is -2.09. The van der Waals surface area contributed by atoms with Gasteiger partial charge in [0, 0.05) is 37.2 Å². The number of aryl methyl sites for hydroxylation is 1. The molecule has 0 unspecified atom stereocenters. The highest BCUT2D eigenvalue weighted by Gasteiger charge is 1.99. The van der Waals surface area contributed by atoms with Crippen molar-refractivity contribution in [3.63, 3.8) is 0 Å². The van der Waals surface area contributed by atoms with Crippen LogP contribution in [-0.2, 0) is 44.3 Å². The summed E-state index contributed by atoms with van der Waals surface area (Å²) < 4.78 is 49.1. The van der Waals surface area contributed by atoms with Crippen LogP contribution in [0.2, 0.25) is 0 Å². The van der Waals surface area contributed by atoms with E-state index in [1.165, 1.54) is 50.5 Å². The summed E-state index contributed by atoms with van der Waals surface area (Å²) in [5, 5.41) is 8.58. The van der Waals surface area contributed by atoms with Gasteiger partial charge in [-0.25, -0.2) is 0 Å². The fourth-order valence-corrected chi connectivity index (χ4v) is 3.96. The molecule has 1 rings (SSSR count). The first-order chi connectivity index (χ1) is 22.4. The van der Waals surface area contributed by atoms with Crippen molar-refractivity contribution in [3.05, 3.63) is 29.8 Å². The van der Waals surface area contributed by atoms with Gasteiger partial charge < -0.3 is 47.7 Å². The molecule has 0 aliphatic heterocycles. The van der Waals surface area contributed by atoms with Gasteiger partial charge in [-0.2, -0.15) is 0 Å². The van der Waals surface area contributed by atoms with Crippen LogP contribution in [0.5, 0.6) is 5.75 Å². The summed E-state index contributed by atoms with van der Waals surface area (Å²) >= 11 is 4.24. The summed E-state index contributed by atoms with van der Waals surface area (Å²) in [7, 11) is 0. The quantitative estimate of drug-likeness (QED) is 0.0622. The smallest absolute Gasteiger partial charge is 0.119 e. The molecule has 0 aliphatic rings. The standard InChI is InChI=1S/C33H60O10.I2/c1-2-3-4-5-6-7-8-9-32-10-12-33(13-11-32)43-31-30-42-29-28-41-27-26-40-25-24-39-23-22-38-21-20-37-19-18-36-17-16-35-15-14-34;1-2/h10-13,34H,2-9,14-31H2,1H3;. The van der Waals surface area contributed by atoms with Gasteiger partial charge in [0.15, 0.2) is 0 Å². The molecule has 0 heterocycles. The summed E-state index contributed by atoms with van der Waals surface area (Å²) in [6.45, 7) is 10.9. The Morgan fingerprint density at radius 3 is 1.16 bits per heavy atom. The molecule has 45 heavy (non-hydrogen) atoms. The molecule has 1 aromatic rings. The predicted octanol–water partition coefficient (Wildman–Crippen LogP) is 6.26. The maximum absolute atomic E-state index is 8.58. The van der Waals surface area contributed by atoms with E-state index in [-0.39, 0.29) is 6.61 Å². The maximum atomic E-state index is 8.58. The number of benzene rings is 1. The number of hydrogen-bond acceptors (Lipinski definition) is 10. The molecular weight excluding hydrogens is 810 g/mol. The topological polar surface area (TPSA) is 103 Å². The minimum Gasteiger partial charge on any atom is -0.491 e. The second kappa shape index (κ2) is 40.3. The average Bonchev–Trinajstić information content (AvgIpc) is 3.07. The number of unbranched alkanes of at least 4 members (excludes halogenated alkanes) is 6. The molecule has 0 aromatic heterocycles. The van der Waals surface area contributed by atoms with Crippen LogP contribution in [0.4, 0.5) is 0 Å². The zero-order chi connectivity index (χ0) is 32.7. The number of hydrogen-bond donors (Lipinski definition) is 1. The first-order valence-corrected chi connectivity index (χ1v) is 22.7. The van der Waals surface area contributed by atoms with Gasteiger partial charge in [-0.3, -0.25) is 0 Å². The van der Waals surface area contributed by atoms with Crippen molar-refractivity contribution in [1.82, 2.24) is 0 Å². The average molecular weight is 871 g/mol. The molecule has 266 valence electrons. The zero-order valence-corrected chi connectivity index (χ0v) is 31.9. The van der Waals surface area contributed by atoms with Gasteiger partial charge in [-0.15, -0.1) is 0 Å². The van der Waals surface area contributed by atoms with Crippen molar-refractivity contribution in [1.29, 1.82) is 0 Å². The van der Waals surface area contributed by atoms with Gasteiger partial charge in [-0.1, -0.05) is 57.6 Å². The lowest BCUT2D eigenvalue weighted by Crippen LogP contribution is -2.15. The van der Waals surface area contributed by atoms with Crippen LogP contribution >= 0.6 is 37.2 Å². The van der Waals surface area contributed by atoms with Gasteiger partial charge >= 0.3 is 0 Å². The number of aliphatic hydroxyl groups excluding tert-OH is 1. The van der Waals surface area contributed by atoms with Crippen LogP contribution in [0.1, 0.15) is 57.4 Å². The number of halogens is 2. The first-order valence-electron chi connectivity index (χ1n) is 16.5. The van der Waals surface area contributed by atoms with Crippen molar-refractivity contribution < 1.29 is 47.7 Å². The monoisotopic (exact) mass is 870 g/mol. The SMILES string of the molecule is CCCCCCCCCc1ccc(OCCOCCOCCOCCOCCOCCOCCOCCOCCO)cc1.II. The molecular formula is C33H60I2O10. The second-order valence-electron chi connectivity index (χ2n) is 9.99. The minimum absolute atomic E-state index is 0.0298. The lowest BCUT2D eigenvalue weighted by atomic mass is 10.0. The first kappa shape index (κ1) is 45.1. The fourth-order valence-electron chi connectivity index (χ4n) is 3.96. The van der Waals surface area contributed by atoms with E-state index in [0.717, 1.165) is 12.2 Å². The lowest BCUT2D eigenvalue weighted by molar-refractivity contribution is -0.0242. The third-order valence-electron chi connectivity index (χ3n) is 6.33. The summed E-state index contributed by atoms with van der Waals surface area (Å²) in [5.74, 6) is 0.887. The molecule has 0 aliphatic carbocycles. The van der Waals surface area contributed by atoms with E-state index in [9.17, 15) is 0 Å². The third kappa shape index (κ3) is 35.3. The Morgan fingerprint density at radius 2 is 0.778 bits per heavy atom. The minimum atomic E-state index is 0.0298. The second-order valence-corrected chi connectivity index (χ2v) is 9.99. The van der Waals surface area contributed by atoms with Crippen molar-refractivity contribution in [3.8, 4) is 5.75 Å². The molecule has 1 aromatic carbocycles. The Hall–Kier alpha value is 0.120. The van der Waals surface area contributed by atoms with Crippen LogP contribution in [0.3, 0.4) is 0 Å². The molecule has 0 bridgehead atoms. The Morgan fingerprint density at radius 1 is 0.444 bits per heavy atom. The Balaban J connectivity index is 0.00000947. The molecule has 0 radical (unpaired) electrons. The van der Waals surface area contributed by atoms with Crippen LogP contribution in [-0.4, -0.2) is 124 Å². The highest BCUT2D eigenvalue weighted by Crippen LogP contribution is 2.15. The van der Waals surface area contributed by atoms with Crippen molar-refractivity contribution in [2.24, 2.45) is 0 Å². The Kier molecular flexibility index (Phi) is 40.4. The van der Waals surface area contributed by atoms with Crippen LogP contribution in [0.25, 0.3) is 0 Å². The van der Waals surface area contributed by atoms with E-state index in [4.69, 9.17) is 47.7 Å². The van der Waals surface area contributed by atoms with Crippen molar-refractivity contribution >= 4 is 37.2 Å². The maximum Gasteiger partial charge on any atom is 0.119 e. The van der Waals surface area contributed by atoms with Gasteiger partial charge in [0.25, 0.3) is 0 Å². The van der Waals surface area contributed by atoms with E-state index in [1.807, 2.05) is 0 Å². The van der Waals surface area contributed by atoms with Crippen LogP contribution in [0.15, 0.2) is 24.3 Å². The molecule has 0 atom stereocenters. The highest BCUT2D eigenvalue weighted by molar-refractivity contribution is 15.0.